The first-order valence-electron chi connectivity index (χ1n) is 7.45. The molecule has 0 saturated carbocycles. The van der Waals surface area contributed by atoms with E-state index in [0.717, 1.165) is 0 Å². The summed E-state index contributed by atoms with van der Waals surface area (Å²) in [6, 6.07) is 3.42. The van der Waals surface area contributed by atoms with Crippen LogP contribution in [0.3, 0.4) is 0 Å². The van der Waals surface area contributed by atoms with Gasteiger partial charge in [0.1, 0.15) is 5.69 Å². The Kier molecular flexibility index (Phi) is 5.32. The van der Waals surface area contributed by atoms with E-state index in [1.807, 2.05) is 0 Å². The summed E-state index contributed by atoms with van der Waals surface area (Å²) in [5, 5.41) is 40.4. The molecule has 2 radical (unpaired) electrons. The number of aromatic nitrogens is 2. The van der Waals surface area contributed by atoms with Crippen LogP contribution in [0.25, 0.3) is 0 Å². The summed E-state index contributed by atoms with van der Waals surface area (Å²) in [5.41, 5.74) is -0.0362. The number of anilines is 1. The fourth-order valence-corrected chi connectivity index (χ4v) is 2.92. The highest BCUT2D eigenvalue weighted by Gasteiger charge is 2.35. The molecule has 2 heterocycles. The number of aliphatic hydroxyl groups is 4. The standard InChI is InChI=1S/C15H13BCl2N4O5/c16-14(23,24)11-4-5-22(21-11)13-19-6-8(7-20-13)27-15(25,26)12-9(17)2-1-3-10(12)18/h1-7,11,21,23-26H. The van der Waals surface area contributed by atoms with Crippen molar-refractivity contribution in [1.82, 2.24) is 15.4 Å². The van der Waals surface area contributed by atoms with E-state index in [9.17, 15) is 20.4 Å². The van der Waals surface area contributed by atoms with Crippen LogP contribution in [0.5, 0.6) is 5.75 Å². The number of benzene rings is 1. The molecule has 2 aromatic rings. The molecule has 0 amide bonds. The van der Waals surface area contributed by atoms with Gasteiger partial charge in [0.05, 0.1) is 34.0 Å². The highest BCUT2D eigenvalue weighted by atomic mass is 35.5. The van der Waals surface area contributed by atoms with Gasteiger partial charge >= 0.3 is 5.97 Å². The Labute approximate surface area is 164 Å². The molecule has 1 unspecified atom stereocenters. The number of hydrazine groups is 1. The number of nitrogens with one attached hydrogen (secondary N) is 1. The van der Waals surface area contributed by atoms with Gasteiger partial charge in [0.15, 0.2) is 13.6 Å². The molecule has 0 spiro atoms. The van der Waals surface area contributed by atoms with Crippen molar-refractivity contribution >= 4 is 37.0 Å². The third-order valence-electron chi connectivity index (χ3n) is 3.54. The Morgan fingerprint density at radius 2 is 1.70 bits per heavy atom. The Morgan fingerprint density at radius 3 is 2.22 bits per heavy atom. The van der Waals surface area contributed by atoms with E-state index in [1.165, 1.54) is 41.8 Å². The third-order valence-corrected chi connectivity index (χ3v) is 4.17. The molecular formula is C15H13BCl2N4O5. The second kappa shape index (κ2) is 7.25. The topological polar surface area (TPSA) is 131 Å². The molecule has 27 heavy (non-hydrogen) atoms. The van der Waals surface area contributed by atoms with Gasteiger partial charge in [-0.3, -0.25) is 5.01 Å². The maximum Gasteiger partial charge on any atom is 0.354 e. The van der Waals surface area contributed by atoms with Crippen molar-refractivity contribution in [2.75, 3.05) is 5.01 Å². The fraction of sp³-hybridized carbons (Fsp3) is 0.200. The molecule has 0 fully saturated rings. The number of ether oxygens (including phenoxy) is 1. The van der Waals surface area contributed by atoms with E-state index in [0.29, 0.717) is 0 Å². The average Bonchev–Trinajstić information content (AvgIpc) is 3.05. The van der Waals surface area contributed by atoms with Crippen LogP contribution in [-0.4, -0.2) is 50.0 Å². The van der Waals surface area contributed by atoms with Gasteiger partial charge in [-0.1, -0.05) is 29.3 Å². The summed E-state index contributed by atoms with van der Waals surface area (Å²) in [5.74, 6) is -2.79. The predicted octanol–water partition coefficient (Wildman–Crippen LogP) is -0.0289. The first-order valence-corrected chi connectivity index (χ1v) is 8.21. The lowest BCUT2D eigenvalue weighted by Crippen LogP contribution is -2.52. The van der Waals surface area contributed by atoms with E-state index in [2.05, 4.69) is 15.4 Å². The molecule has 140 valence electrons. The first-order chi connectivity index (χ1) is 12.6. The molecule has 0 saturated heterocycles. The van der Waals surface area contributed by atoms with Gasteiger partial charge < -0.3 is 25.2 Å². The predicted molar refractivity (Wildman–Crippen MR) is 96.7 cm³/mol. The molecule has 1 aliphatic heterocycles. The largest absolute Gasteiger partial charge is 0.432 e. The van der Waals surface area contributed by atoms with Crippen LogP contribution in [0, 0.1) is 0 Å². The summed E-state index contributed by atoms with van der Waals surface area (Å²) < 4.78 is 5.10. The SMILES string of the molecule is [B]C(O)(O)C1C=CN(c2ncc(OC(O)(O)c3c(Cl)cccc3Cl)cn2)N1. The third kappa shape index (κ3) is 4.33. The molecule has 1 aliphatic rings. The van der Waals surface area contributed by atoms with Gasteiger partial charge in [-0.2, -0.15) is 0 Å². The van der Waals surface area contributed by atoms with Crippen molar-refractivity contribution in [3.05, 3.63) is 58.5 Å². The summed E-state index contributed by atoms with van der Waals surface area (Å²) in [4.78, 5) is 7.97. The van der Waals surface area contributed by atoms with E-state index in [4.69, 9.17) is 35.8 Å². The lowest BCUT2D eigenvalue weighted by atomic mass is 9.88. The molecule has 1 aromatic carbocycles. The van der Waals surface area contributed by atoms with Crippen molar-refractivity contribution < 1.29 is 25.2 Å². The minimum atomic E-state index is -2.82. The number of hydrogen-bond donors (Lipinski definition) is 5. The van der Waals surface area contributed by atoms with E-state index < -0.39 is 17.7 Å². The monoisotopic (exact) mass is 410 g/mol. The second-order valence-electron chi connectivity index (χ2n) is 5.63. The molecule has 9 nitrogen and oxygen atoms in total. The van der Waals surface area contributed by atoms with Crippen molar-refractivity contribution in [2.45, 2.75) is 17.7 Å². The summed E-state index contributed by atoms with van der Waals surface area (Å²) in [6.07, 6.45) is 5.19. The summed E-state index contributed by atoms with van der Waals surface area (Å²) >= 11 is 11.9. The zero-order chi connectivity index (χ0) is 19.8. The van der Waals surface area contributed by atoms with Gasteiger partial charge in [-0.05, 0) is 18.2 Å². The van der Waals surface area contributed by atoms with Crippen molar-refractivity contribution in [3.8, 4) is 5.75 Å². The Balaban J connectivity index is 1.74. The van der Waals surface area contributed by atoms with Crippen molar-refractivity contribution in [1.29, 1.82) is 0 Å². The van der Waals surface area contributed by atoms with Gasteiger partial charge in [0.2, 0.25) is 5.95 Å². The highest BCUT2D eigenvalue weighted by molar-refractivity contribution is 6.36. The number of halogens is 2. The second-order valence-corrected chi connectivity index (χ2v) is 6.44. The molecule has 1 atom stereocenters. The average molecular weight is 411 g/mol. The number of nitrogens with zero attached hydrogens (tertiary/aromatic N) is 3. The van der Waals surface area contributed by atoms with Crippen LogP contribution < -0.4 is 15.2 Å². The van der Waals surface area contributed by atoms with Crippen LogP contribution in [-0.2, 0) is 5.97 Å². The molecule has 12 heteroatoms. The summed E-state index contributed by atoms with van der Waals surface area (Å²) in [7, 11) is 5.19. The van der Waals surface area contributed by atoms with Crippen LogP contribution >= 0.6 is 23.2 Å². The molecule has 0 aliphatic carbocycles. The Hall–Kier alpha value is -1.92. The molecule has 0 bridgehead atoms. The Morgan fingerprint density at radius 1 is 1.11 bits per heavy atom. The summed E-state index contributed by atoms with van der Waals surface area (Å²) in [6.45, 7) is 0. The molecule has 1 aromatic heterocycles. The lowest BCUT2D eigenvalue weighted by Gasteiger charge is -2.26. The molecule has 3 rings (SSSR count). The quantitative estimate of drug-likeness (QED) is 0.340. The van der Waals surface area contributed by atoms with Gasteiger partial charge in [0, 0.05) is 6.20 Å². The van der Waals surface area contributed by atoms with Crippen molar-refractivity contribution in [2.24, 2.45) is 0 Å². The first kappa shape index (κ1) is 19.8. The smallest absolute Gasteiger partial charge is 0.354 e. The van der Waals surface area contributed by atoms with Gasteiger partial charge in [0.25, 0.3) is 0 Å². The van der Waals surface area contributed by atoms with Crippen molar-refractivity contribution in [3.63, 3.8) is 0 Å². The van der Waals surface area contributed by atoms with E-state index >= 15 is 0 Å². The van der Waals surface area contributed by atoms with Crippen LogP contribution in [0.15, 0.2) is 42.9 Å². The molecule has 5 N–H and O–H groups in total. The zero-order valence-electron chi connectivity index (χ0n) is 13.5. The number of rotatable bonds is 5. The molecular weight excluding hydrogens is 398 g/mol. The minimum absolute atomic E-state index is 0.000703. The van der Waals surface area contributed by atoms with E-state index in [1.54, 1.807) is 6.07 Å². The lowest BCUT2D eigenvalue weighted by molar-refractivity contribution is -0.304. The maximum atomic E-state index is 10.2. The normalized spacial score (nSPS) is 17.4. The number of hydrogen-bond acceptors (Lipinski definition) is 9. The van der Waals surface area contributed by atoms with Gasteiger partial charge in [-0.25, -0.2) is 15.4 Å². The fourth-order valence-electron chi connectivity index (χ4n) is 2.28. The Bertz CT molecular complexity index is 840. The van der Waals surface area contributed by atoms with Crippen LogP contribution in [0.2, 0.25) is 10.0 Å². The van der Waals surface area contributed by atoms with Crippen LogP contribution in [0.4, 0.5) is 5.95 Å². The van der Waals surface area contributed by atoms with Gasteiger partial charge in [-0.15, -0.1) is 0 Å². The van der Waals surface area contributed by atoms with E-state index in [-0.39, 0.29) is 27.3 Å². The minimum Gasteiger partial charge on any atom is -0.432 e. The van der Waals surface area contributed by atoms with Crippen LogP contribution in [0.1, 0.15) is 5.56 Å². The highest BCUT2D eigenvalue weighted by Crippen LogP contribution is 2.34. The zero-order valence-corrected chi connectivity index (χ0v) is 15.0. The maximum absolute atomic E-state index is 10.2.